The third-order valence-electron chi connectivity index (χ3n) is 3.22. The number of ketones is 1. The minimum absolute atomic E-state index is 0.00273. The van der Waals surface area contributed by atoms with E-state index in [2.05, 4.69) is 5.32 Å². The maximum Gasteiger partial charge on any atom is 0.170 e. The monoisotopic (exact) mass is 285 g/mol. The summed E-state index contributed by atoms with van der Waals surface area (Å²) in [4.78, 5) is 12.2. The minimum Gasteiger partial charge on any atom is -0.508 e. The number of rotatable bonds is 5. The lowest BCUT2D eigenvalue weighted by Gasteiger charge is -2.08. The van der Waals surface area contributed by atoms with Gasteiger partial charge in [0, 0.05) is 19.0 Å². The van der Waals surface area contributed by atoms with Crippen LogP contribution in [0.5, 0.6) is 17.2 Å². The average molecular weight is 285 g/mol. The first-order chi connectivity index (χ1) is 10.1. The van der Waals surface area contributed by atoms with Gasteiger partial charge in [0.2, 0.25) is 0 Å². The molecule has 1 aliphatic rings. The fourth-order valence-corrected chi connectivity index (χ4v) is 2.01. The Bertz CT molecular complexity index is 662. The lowest BCUT2D eigenvalue weighted by molar-refractivity contribution is 0.0990. The second kappa shape index (κ2) is 5.46. The number of phenols is 2. The van der Waals surface area contributed by atoms with Crippen LogP contribution in [0.3, 0.4) is 0 Å². The van der Waals surface area contributed by atoms with E-state index in [9.17, 15) is 15.0 Å². The van der Waals surface area contributed by atoms with E-state index in [1.165, 1.54) is 18.2 Å². The number of carbonyl (C=O) groups is 1. The Balaban J connectivity index is 1.72. The summed E-state index contributed by atoms with van der Waals surface area (Å²) in [5.74, 6) is 0.416. The molecule has 2 aromatic carbocycles. The summed E-state index contributed by atoms with van der Waals surface area (Å²) in [6, 6.07) is 11.1. The molecule has 0 aromatic heterocycles. The van der Waals surface area contributed by atoms with E-state index in [1.54, 1.807) is 24.3 Å². The van der Waals surface area contributed by atoms with Crippen LogP contribution in [0.1, 0.15) is 15.9 Å². The highest BCUT2D eigenvalue weighted by Crippen LogP contribution is 2.26. The Kier molecular flexibility index (Phi) is 3.50. The second-order valence-electron chi connectivity index (χ2n) is 4.96. The van der Waals surface area contributed by atoms with Crippen molar-refractivity contribution in [3.05, 3.63) is 53.6 Å². The van der Waals surface area contributed by atoms with Crippen LogP contribution in [0.15, 0.2) is 42.5 Å². The third-order valence-corrected chi connectivity index (χ3v) is 3.22. The van der Waals surface area contributed by atoms with E-state index in [1.807, 2.05) is 0 Å². The Morgan fingerprint density at radius 3 is 2.52 bits per heavy atom. The van der Waals surface area contributed by atoms with Crippen molar-refractivity contribution in [3.8, 4) is 17.2 Å². The van der Waals surface area contributed by atoms with Gasteiger partial charge in [0.05, 0.1) is 5.56 Å². The van der Waals surface area contributed by atoms with E-state index in [0.717, 1.165) is 12.1 Å². The van der Waals surface area contributed by atoms with Crippen LogP contribution in [0.4, 0.5) is 0 Å². The van der Waals surface area contributed by atoms with Crippen LogP contribution in [0.2, 0.25) is 0 Å². The molecule has 2 aromatic rings. The number of aromatic hydroxyl groups is 2. The first-order valence-corrected chi connectivity index (χ1v) is 6.66. The summed E-state index contributed by atoms with van der Waals surface area (Å²) >= 11 is 0. The number of nitrogens with one attached hydrogen (secondary N) is 1. The molecule has 1 aliphatic heterocycles. The van der Waals surface area contributed by atoms with E-state index in [0.29, 0.717) is 5.75 Å². The van der Waals surface area contributed by atoms with Crippen molar-refractivity contribution in [1.82, 2.24) is 5.32 Å². The average Bonchev–Trinajstić information content (AvgIpc) is 3.25. The number of phenolic OH excluding ortho intramolecular Hbond substituents is 2. The van der Waals surface area contributed by atoms with Gasteiger partial charge in [0.1, 0.15) is 17.2 Å². The van der Waals surface area contributed by atoms with Gasteiger partial charge in [-0.25, -0.2) is 0 Å². The molecule has 3 N–H and O–H groups in total. The Labute approximate surface area is 121 Å². The molecule has 1 fully saturated rings. The van der Waals surface area contributed by atoms with Crippen LogP contribution in [-0.2, 0) is 6.42 Å². The summed E-state index contributed by atoms with van der Waals surface area (Å²) < 4.78 is 5.46. The van der Waals surface area contributed by atoms with E-state index in [4.69, 9.17) is 4.74 Å². The quantitative estimate of drug-likeness (QED) is 0.576. The first kappa shape index (κ1) is 13.5. The molecule has 0 saturated carbocycles. The molecule has 1 heterocycles. The fourth-order valence-electron chi connectivity index (χ4n) is 2.01. The van der Waals surface area contributed by atoms with Gasteiger partial charge in [-0.05, 0) is 29.8 Å². The molecule has 0 radical (unpaired) electrons. The van der Waals surface area contributed by atoms with Crippen molar-refractivity contribution in [3.63, 3.8) is 0 Å². The standard InChI is InChI=1S/C16H15NO4/c18-11-3-1-10(2-4-11)7-14(19)13-6-5-12(8-15(13)20)21-16-9-17-16/h1-6,8,16-18,20H,7,9H2. The van der Waals surface area contributed by atoms with Gasteiger partial charge >= 0.3 is 0 Å². The SMILES string of the molecule is O=C(Cc1ccc(O)cc1)c1ccc(OC2CN2)cc1O. The smallest absolute Gasteiger partial charge is 0.170 e. The van der Waals surface area contributed by atoms with Gasteiger partial charge in [-0.2, -0.15) is 0 Å². The van der Waals surface area contributed by atoms with Crippen molar-refractivity contribution in [2.75, 3.05) is 6.54 Å². The minimum atomic E-state index is -0.186. The van der Waals surface area contributed by atoms with Gasteiger partial charge in [-0.1, -0.05) is 12.1 Å². The Morgan fingerprint density at radius 2 is 1.90 bits per heavy atom. The molecule has 1 saturated heterocycles. The highest BCUT2D eigenvalue weighted by molar-refractivity contribution is 6.00. The normalized spacial score (nSPS) is 16.5. The second-order valence-corrected chi connectivity index (χ2v) is 4.96. The number of hydrogen-bond acceptors (Lipinski definition) is 5. The van der Waals surface area contributed by atoms with Crippen LogP contribution >= 0.6 is 0 Å². The van der Waals surface area contributed by atoms with Gasteiger partial charge in [-0.15, -0.1) is 0 Å². The predicted molar refractivity (Wildman–Crippen MR) is 76.7 cm³/mol. The van der Waals surface area contributed by atoms with Gasteiger partial charge in [0.15, 0.2) is 12.0 Å². The molecule has 1 atom stereocenters. The Morgan fingerprint density at radius 1 is 1.19 bits per heavy atom. The van der Waals surface area contributed by atoms with Crippen LogP contribution in [-0.4, -0.2) is 28.8 Å². The topological polar surface area (TPSA) is 88.7 Å². The van der Waals surface area contributed by atoms with E-state index >= 15 is 0 Å². The van der Waals surface area contributed by atoms with Crippen molar-refractivity contribution in [2.24, 2.45) is 0 Å². The van der Waals surface area contributed by atoms with Gasteiger partial charge < -0.3 is 14.9 Å². The third kappa shape index (κ3) is 3.32. The number of ether oxygens (including phenoxy) is 1. The number of benzene rings is 2. The summed E-state index contributed by atoms with van der Waals surface area (Å²) in [7, 11) is 0. The zero-order valence-corrected chi connectivity index (χ0v) is 11.2. The van der Waals surface area contributed by atoms with Crippen LogP contribution in [0.25, 0.3) is 0 Å². The molecule has 5 nitrogen and oxygen atoms in total. The van der Waals surface area contributed by atoms with E-state index in [-0.39, 0.29) is 35.5 Å². The highest BCUT2D eigenvalue weighted by Gasteiger charge is 2.22. The summed E-state index contributed by atoms with van der Waals surface area (Å²) in [6.07, 6.45) is 0.168. The highest BCUT2D eigenvalue weighted by atomic mass is 16.5. The molecule has 1 unspecified atom stereocenters. The number of Topliss-reactive ketones (excluding diaryl/α,β-unsaturated/α-hetero) is 1. The molecular weight excluding hydrogens is 270 g/mol. The molecule has 108 valence electrons. The molecular formula is C16H15NO4. The van der Waals surface area contributed by atoms with Crippen LogP contribution in [0, 0.1) is 0 Å². The molecule has 0 aliphatic carbocycles. The summed E-state index contributed by atoms with van der Waals surface area (Å²) in [5.41, 5.74) is 1.04. The molecule has 0 bridgehead atoms. The Hall–Kier alpha value is -2.53. The van der Waals surface area contributed by atoms with Crippen LogP contribution < -0.4 is 10.1 Å². The lowest BCUT2D eigenvalue weighted by Crippen LogP contribution is -2.05. The maximum absolute atomic E-state index is 12.2. The molecule has 5 heteroatoms. The fraction of sp³-hybridized carbons (Fsp3) is 0.188. The van der Waals surface area contributed by atoms with Gasteiger partial charge in [-0.3, -0.25) is 10.1 Å². The maximum atomic E-state index is 12.2. The number of carbonyl (C=O) groups excluding carboxylic acids is 1. The molecule has 0 spiro atoms. The molecule has 21 heavy (non-hydrogen) atoms. The van der Waals surface area contributed by atoms with E-state index < -0.39 is 0 Å². The number of hydrogen-bond donors (Lipinski definition) is 3. The van der Waals surface area contributed by atoms with Crippen molar-refractivity contribution in [1.29, 1.82) is 0 Å². The summed E-state index contributed by atoms with van der Waals surface area (Å²) in [5, 5.41) is 22.2. The predicted octanol–water partition coefficient (Wildman–Crippen LogP) is 1.83. The van der Waals surface area contributed by atoms with Crippen molar-refractivity contribution in [2.45, 2.75) is 12.6 Å². The zero-order chi connectivity index (χ0) is 14.8. The van der Waals surface area contributed by atoms with Crippen molar-refractivity contribution < 1.29 is 19.7 Å². The zero-order valence-electron chi connectivity index (χ0n) is 11.2. The molecule has 0 amide bonds. The molecule has 3 rings (SSSR count). The first-order valence-electron chi connectivity index (χ1n) is 6.66. The lowest BCUT2D eigenvalue weighted by atomic mass is 10.0. The van der Waals surface area contributed by atoms with Crippen molar-refractivity contribution >= 4 is 5.78 Å². The largest absolute Gasteiger partial charge is 0.508 e. The van der Waals surface area contributed by atoms with Gasteiger partial charge in [0.25, 0.3) is 0 Å². The summed E-state index contributed by atoms with van der Waals surface area (Å²) in [6.45, 7) is 0.794.